The standard InChI is InChI=1S/C7H13ClFN2/c8-6-10-5-7-1-3-11(10,9)4-2-7/h7H,1-6H2/q+1. The number of nitrogens with zero attached hydrogens (tertiary/aromatic N) is 2. The lowest BCUT2D eigenvalue weighted by Crippen LogP contribution is -2.64. The first-order chi connectivity index (χ1) is 5.24. The summed E-state index contributed by atoms with van der Waals surface area (Å²) < 4.78 is 13.8. The van der Waals surface area contributed by atoms with E-state index in [1.807, 2.05) is 0 Å². The number of hydrogen-bond acceptors (Lipinski definition) is 1. The third-order valence-electron chi connectivity index (χ3n) is 2.87. The van der Waals surface area contributed by atoms with Gasteiger partial charge in [0.1, 0.15) is 19.1 Å². The zero-order valence-electron chi connectivity index (χ0n) is 6.47. The lowest BCUT2D eigenvalue weighted by molar-refractivity contribution is -1.16. The van der Waals surface area contributed by atoms with E-state index in [1.54, 1.807) is 5.01 Å². The average Bonchev–Trinajstić information content (AvgIpc) is 2.05. The molecule has 0 radical (unpaired) electrons. The average molecular weight is 180 g/mol. The van der Waals surface area contributed by atoms with E-state index in [9.17, 15) is 4.48 Å². The fourth-order valence-corrected chi connectivity index (χ4v) is 2.36. The molecule has 0 aromatic carbocycles. The number of halogens is 2. The summed E-state index contributed by atoms with van der Waals surface area (Å²) in [4.78, 5) is -0.403. The zero-order chi connectivity index (χ0) is 7.90. The van der Waals surface area contributed by atoms with E-state index in [0.717, 1.165) is 19.4 Å². The Labute approximate surface area is 71.0 Å². The Morgan fingerprint density at radius 2 is 2.09 bits per heavy atom. The summed E-state index contributed by atoms with van der Waals surface area (Å²) in [5, 5.41) is 1.72. The molecule has 3 fully saturated rings. The van der Waals surface area contributed by atoms with Crippen molar-refractivity contribution < 1.29 is 9.30 Å². The van der Waals surface area contributed by atoms with Crippen molar-refractivity contribution in [3.63, 3.8) is 0 Å². The minimum absolute atomic E-state index is 0.326. The van der Waals surface area contributed by atoms with Gasteiger partial charge in [0.05, 0.1) is 6.54 Å². The van der Waals surface area contributed by atoms with Gasteiger partial charge in [-0.15, -0.1) is 16.6 Å². The van der Waals surface area contributed by atoms with Crippen LogP contribution in [0.25, 0.3) is 0 Å². The van der Waals surface area contributed by atoms with Gasteiger partial charge in [0.2, 0.25) is 0 Å². The summed E-state index contributed by atoms with van der Waals surface area (Å²) in [6.45, 7) is 2.12. The Hall–Kier alpha value is 0.140. The quantitative estimate of drug-likeness (QED) is 0.335. The molecule has 0 aromatic heterocycles. The summed E-state index contributed by atoms with van der Waals surface area (Å²) >= 11 is 5.63. The lowest BCUT2D eigenvalue weighted by Gasteiger charge is -2.46. The number of rotatable bonds is 1. The molecule has 3 heterocycles. The summed E-state index contributed by atoms with van der Waals surface area (Å²) in [7, 11) is 0. The number of alkyl halides is 1. The molecule has 64 valence electrons. The first kappa shape index (κ1) is 7.77. The maximum absolute atomic E-state index is 13.8. The van der Waals surface area contributed by atoms with Gasteiger partial charge in [0.15, 0.2) is 0 Å². The SMILES string of the molecule is F[N+]12CCC(CC1)CN2CCl. The highest BCUT2D eigenvalue weighted by Gasteiger charge is 2.47. The normalized spacial score (nSPS) is 44.7. The minimum Gasteiger partial charge on any atom is -0.104 e. The maximum Gasteiger partial charge on any atom is 0.135 e. The molecule has 3 rings (SSSR count). The summed E-state index contributed by atoms with van der Waals surface area (Å²) in [5.41, 5.74) is 0. The van der Waals surface area contributed by atoms with Crippen molar-refractivity contribution >= 4 is 11.6 Å². The van der Waals surface area contributed by atoms with Crippen LogP contribution in [0.1, 0.15) is 12.8 Å². The smallest absolute Gasteiger partial charge is 0.104 e. The monoisotopic (exact) mass is 179 g/mol. The summed E-state index contributed by atoms with van der Waals surface area (Å²) in [5.74, 6) is 0.699. The fourth-order valence-electron chi connectivity index (χ4n) is 2.07. The van der Waals surface area contributed by atoms with Crippen molar-refractivity contribution in [2.24, 2.45) is 5.92 Å². The summed E-state index contributed by atoms with van der Waals surface area (Å²) in [6, 6.07) is 0.326. The highest BCUT2D eigenvalue weighted by Crippen LogP contribution is 2.34. The molecule has 0 atom stereocenters. The molecule has 3 aliphatic heterocycles. The first-order valence-corrected chi connectivity index (χ1v) is 4.66. The van der Waals surface area contributed by atoms with E-state index in [0.29, 0.717) is 25.0 Å². The maximum atomic E-state index is 13.8. The predicted octanol–water partition coefficient (Wildman–Crippen LogP) is 1.52. The van der Waals surface area contributed by atoms with Gasteiger partial charge in [-0.05, 0) is 5.92 Å². The molecule has 0 spiro atoms. The van der Waals surface area contributed by atoms with Gasteiger partial charge in [-0.1, -0.05) is 4.81 Å². The molecule has 4 heteroatoms. The first-order valence-electron chi connectivity index (χ1n) is 4.13. The Bertz CT molecular complexity index is 157. The van der Waals surface area contributed by atoms with Gasteiger partial charge < -0.3 is 0 Å². The highest BCUT2D eigenvalue weighted by atomic mass is 35.5. The number of fused-ring (bicyclic) bond motifs is 3. The molecule has 0 unspecified atom stereocenters. The zero-order valence-corrected chi connectivity index (χ0v) is 7.23. The van der Waals surface area contributed by atoms with Crippen molar-refractivity contribution in [3.8, 4) is 0 Å². The van der Waals surface area contributed by atoms with Crippen LogP contribution in [0.2, 0.25) is 0 Å². The van der Waals surface area contributed by atoms with Gasteiger partial charge in [-0.3, -0.25) is 0 Å². The topological polar surface area (TPSA) is 3.24 Å². The molecule has 0 aromatic rings. The number of hydrogen-bond donors (Lipinski definition) is 0. The van der Waals surface area contributed by atoms with Gasteiger partial charge in [0, 0.05) is 17.3 Å². The predicted molar refractivity (Wildman–Crippen MR) is 41.3 cm³/mol. The molecule has 0 saturated carbocycles. The molecule has 11 heavy (non-hydrogen) atoms. The molecule has 2 bridgehead atoms. The minimum atomic E-state index is -0.403. The molecule has 3 aliphatic rings. The lowest BCUT2D eigenvalue weighted by atomic mass is 9.94. The highest BCUT2D eigenvalue weighted by molar-refractivity contribution is 6.17. The van der Waals surface area contributed by atoms with Gasteiger partial charge >= 0.3 is 0 Å². The molecule has 2 nitrogen and oxygen atoms in total. The second-order valence-corrected chi connectivity index (χ2v) is 3.76. The van der Waals surface area contributed by atoms with Crippen LogP contribution in [-0.2, 0) is 0 Å². The van der Waals surface area contributed by atoms with E-state index in [4.69, 9.17) is 11.6 Å². The van der Waals surface area contributed by atoms with E-state index in [1.165, 1.54) is 0 Å². The van der Waals surface area contributed by atoms with Crippen LogP contribution in [-0.4, -0.2) is 35.5 Å². The Morgan fingerprint density at radius 3 is 2.45 bits per heavy atom. The van der Waals surface area contributed by atoms with Crippen molar-refractivity contribution in [3.05, 3.63) is 0 Å². The van der Waals surface area contributed by atoms with Crippen LogP contribution < -0.4 is 0 Å². The molecule has 3 saturated heterocycles. The second-order valence-electron chi connectivity index (χ2n) is 3.52. The molecule has 0 aliphatic carbocycles. The van der Waals surface area contributed by atoms with E-state index >= 15 is 0 Å². The van der Waals surface area contributed by atoms with Crippen molar-refractivity contribution in [2.75, 3.05) is 25.6 Å². The van der Waals surface area contributed by atoms with Crippen LogP contribution in [0.15, 0.2) is 0 Å². The van der Waals surface area contributed by atoms with Crippen LogP contribution in [0.5, 0.6) is 0 Å². The van der Waals surface area contributed by atoms with E-state index < -0.39 is 4.81 Å². The Morgan fingerprint density at radius 1 is 1.45 bits per heavy atom. The van der Waals surface area contributed by atoms with Crippen molar-refractivity contribution in [1.82, 2.24) is 5.01 Å². The molecule has 0 amide bonds. The van der Waals surface area contributed by atoms with Gasteiger partial charge in [0.25, 0.3) is 0 Å². The van der Waals surface area contributed by atoms with Crippen LogP contribution in [0.3, 0.4) is 0 Å². The van der Waals surface area contributed by atoms with Crippen LogP contribution >= 0.6 is 11.6 Å². The van der Waals surface area contributed by atoms with Crippen molar-refractivity contribution in [2.45, 2.75) is 12.8 Å². The van der Waals surface area contributed by atoms with Gasteiger partial charge in [-0.2, -0.15) is 0 Å². The Balaban J connectivity index is 2.13. The molecular formula is C7H13ClFN2+. The van der Waals surface area contributed by atoms with Gasteiger partial charge in [-0.25, -0.2) is 0 Å². The summed E-state index contributed by atoms with van der Waals surface area (Å²) in [6.07, 6.45) is 2.06. The largest absolute Gasteiger partial charge is 0.135 e. The van der Waals surface area contributed by atoms with Crippen LogP contribution in [0.4, 0.5) is 4.48 Å². The second kappa shape index (κ2) is 2.57. The van der Waals surface area contributed by atoms with E-state index in [-0.39, 0.29) is 0 Å². The van der Waals surface area contributed by atoms with Crippen molar-refractivity contribution in [1.29, 1.82) is 0 Å². The molecule has 0 N–H and O–H groups in total. The van der Waals surface area contributed by atoms with E-state index in [2.05, 4.69) is 0 Å². The third kappa shape index (κ3) is 1.15. The third-order valence-corrected chi connectivity index (χ3v) is 3.15. The number of piperidine rings is 1. The van der Waals surface area contributed by atoms with Crippen LogP contribution in [0, 0.1) is 5.92 Å². The molecular weight excluding hydrogens is 167 g/mol. The fraction of sp³-hybridized carbons (Fsp3) is 1.00. The Kier molecular flexibility index (Phi) is 1.82. The number of quaternary nitrogens is 1.